The van der Waals surface area contributed by atoms with Crippen LogP contribution in [0.1, 0.15) is 93.5 Å². The maximum Gasteiger partial charge on any atom is 0.159 e. The summed E-state index contributed by atoms with van der Waals surface area (Å²) in [6.45, 7) is 9.63. The smallest absolute Gasteiger partial charge is 0.159 e. The van der Waals surface area contributed by atoms with Crippen LogP contribution in [-0.2, 0) is 10.8 Å². The summed E-state index contributed by atoms with van der Waals surface area (Å²) in [4.78, 5) is 2.41. The number of benzene rings is 7. The van der Waals surface area contributed by atoms with Gasteiger partial charge in [0.05, 0.1) is 5.69 Å². The third-order valence-corrected chi connectivity index (χ3v) is 13.4. The molecule has 0 atom stereocenters. The molecule has 3 aliphatic carbocycles. The van der Waals surface area contributed by atoms with Crippen molar-refractivity contribution in [2.75, 3.05) is 4.90 Å². The zero-order valence-electron chi connectivity index (χ0n) is 31.7. The van der Waals surface area contributed by atoms with E-state index < -0.39 is 0 Å². The van der Waals surface area contributed by atoms with Gasteiger partial charge in [-0.1, -0.05) is 138 Å². The molecule has 264 valence electrons. The van der Waals surface area contributed by atoms with E-state index in [0.29, 0.717) is 5.92 Å². The van der Waals surface area contributed by atoms with E-state index in [1.165, 1.54) is 104 Å². The average molecular weight is 700 g/mol. The fourth-order valence-electron chi connectivity index (χ4n) is 10.6. The second kappa shape index (κ2) is 11.5. The molecule has 0 unspecified atom stereocenters. The lowest BCUT2D eigenvalue weighted by Gasteiger charge is -2.36. The first-order chi connectivity index (χ1) is 26.3. The molecular formula is C52H45NO. The van der Waals surface area contributed by atoms with Gasteiger partial charge in [-0.25, -0.2) is 0 Å². The number of anilines is 3. The van der Waals surface area contributed by atoms with Crippen LogP contribution in [0.25, 0.3) is 55.0 Å². The van der Waals surface area contributed by atoms with Crippen molar-refractivity contribution in [1.82, 2.24) is 0 Å². The Balaban J connectivity index is 1.09. The highest BCUT2D eigenvalue weighted by Crippen LogP contribution is 2.56. The zero-order chi connectivity index (χ0) is 36.3. The Morgan fingerprint density at radius 2 is 1.15 bits per heavy atom. The number of rotatable bonds is 4. The standard InChI is InChI=1S/C52H45NO/c1-51(2)43-25-12-18-33-17-11-22-38(48(33)43)42-31-45-41(30-46(42)51)37-28-27-35(29-44(37)52(45,3)4)53(34-19-9-6-10-20-34)47-26-14-24-40-39-23-13-21-36(49(39)54-50(40)47)32-15-7-5-8-16-32/h6,9-14,17-32H,5,7-8,15-16H2,1-4H3. The highest BCUT2D eigenvalue weighted by molar-refractivity contribution is 6.11. The van der Waals surface area contributed by atoms with Gasteiger partial charge in [0.2, 0.25) is 0 Å². The van der Waals surface area contributed by atoms with Crippen LogP contribution in [0, 0.1) is 0 Å². The molecule has 7 aromatic carbocycles. The normalized spacial score (nSPS) is 16.7. The first-order valence-electron chi connectivity index (χ1n) is 20.0. The summed E-state index contributed by atoms with van der Waals surface area (Å²) >= 11 is 0. The van der Waals surface area contributed by atoms with Crippen LogP contribution >= 0.6 is 0 Å². The van der Waals surface area contributed by atoms with Crippen molar-refractivity contribution in [3.8, 4) is 22.3 Å². The Bertz CT molecular complexity index is 2810. The van der Waals surface area contributed by atoms with Gasteiger partial charge in [0, 0.05) is 33.0 Å². The van der Waals surface area contributed by atoms with Crippen molar-refractivity contribution in [1.29, 1.82) is 0 Å². The largest absolute Gasteiger partial charge is 0.454 e. The molecule has 0 saturated heterocycles. The molecule has 0 radical (unpaired) electrons. The predicted octanol–water partition coefficient (Wildman–Crippen LogP) is 14.9. The molecule has 54 heavy (non-hydrogen) atoms. The molecule has 0 spiro atoms. The number of fused-ring (bicyclic) bond motifs is 8. The molecule has 1 aromatic heterocycles. The molecule has 2 heteroatoms. The first-order valence-corrected chi connectivity index (χ1v) is 20.0. The molecule has 8 aromatic rings. The lowest BCUT2D eigenvalue weighted by atomic mass is 9.67. The number of furan rings is 1. The molecule has 1 fully saturated rings. The molecule has 2 nitrogen and oxygen atoms in total. The molecule has 0 aliphatic heterocycles. The Morgan fingerprint density at radius 1 is 0.500 bits per heavy atom. The van der Waals surface area contributed by atoms with Crippen LogP contribution in [0.4, 0.5) is 17.1 Å². The Hall–Kier alpha value is -5.60. The Labute approximate surface area is 318 Å². The number of nitrogens with zero attached hydrogens (tertiary/aromatic N) is 1. The summed E-state index contributed by atoms with van der Waals surface area (Å²) in [7, 11) is 0. The second-order valence-electron chi connectivity index (χ2n) is 17.1. The van der Waals surface area contributed by atoms with Gasteiger partial charge in [-0.2, -0.15) is 0 Å². The van der Waals surface area contributed by atoms with Gasteiger partial charge in [-0.05, 0) is 122 Å². The topological polar surface area (TPSA) is 16.4 Å². The summed E-state index contributed by atoms with van der Waals surface area (Å²) in [5, 5.41) is 5.12. The molecule has 11 rings (SSSR count). The summed E-state index contributed by atoms with van der Waals surface area (Å²) in [5.41, 5.74) is 17.4. The predicted molar refractivity (Wildman–Crippen MR) is 227 cm³/mol. The van der Waals surface area contributed by atoms with Gasteiger partial charge in [0.15, 0.2) is 5.58 Å². The minimum atomic E-state index is -0.187. The highest BCUT2D eigenvalue weighted by atomic mass is 16.3. The van der Waals surface area contributed by atoms with E-state index in [1.54, 1.807) is 0 Å². The van der Waals surface area contributed by atoms with E-state index in [0.717, 1.165) is 28.2 Å². The van der Waals surface area contributed by atoms with Crippen molar-refractivity contribution in [2.45, 2.75) is 76.5 Å². The van der Waals surface area contributed by atoms with Crippen LogP contribution < -0.4 is 4.90 Å². The molecule has 3 aliphatic rings. The number of hydrogen-bond acceptors (Lipinski definition) is 2. The van der Waals surface area contributed by atoms with E-state index >= 15 is 0 Å². The molecular weight excluding hydrogens is 655 g/mol. The van der Waals surface area contributed by atoms with E-state index in [4.69, 9.17) is 4.42 Å². The van der Waals surface area contributed by atoms with E-state index in [-0.39, 0.29) is 10.8 Å². The minimum absolute atomic E-state index is 0.114. The SMILES string of the molecule is CC1(C)c2cc(N(c3ccccc3)c3cccc4c3oc3c(C5CCCCC5)cccc34)ccc2-c2cc3c(cc21)-c1cccc2cccc(c12)C3(C)C. The maximum atomic E-state index is 7.06. The van der Waals surface area contributed by atoms with Crippen LogP contribution in [0.2, 0.25) is 0 Å². The molecule has 0 bridgehead atoms. The number of hydrogen-bond donors (Lipinski definition) is 0. The van der Waals surface area contributed by atoms with Gasteiger partial charge in [-0.15, -0.1) is 0 Å². The van der Waals surface area contributed by atoms with E-state index in [2.05, 4.69) is 166 Å². The van der Waals surface area contributed by atoms with Crippen LogP contribution in [0.5, 0.6) is 0 Å². The Kier molecular flexibility index (Phi) is 6.76. The molecule has 1 heterocycles. The van der Waals surface area contributed by atoms with Crippen LogP contribution in [0.3, 0.4) is 0 Å². The zero-order valence-corrected chi connectivity index (χ0v) is 31.7. The quantitative estimate of drug-likeness (QED) is 0.182. The van der Waals surface area contributed by atoms with Gasteiger partial charge in [0.25, 0.3) is 0 Å². The molecule has 0 amide bonds. The van der Waals surface area contributed by atoms with Gasteiger partial charge in [0.1, 0.15) is 5.58 Å². The van der Waals surface area contributed by atoms with Crippen LogP contribution in [-0.4, -0.2) is 0 Å². The summed E-state index contributed by atoms with van der Waals surface area (Å²) < 4.78 is 7.06. The van der Waals surface area contributed by atoms with Crippen molar-refractivity contribution >= 4 is 49.8 Å². The molecule has 1 saturated carbocycles. The summed E-state index contributed by atoms with van der Waals surface area (Å²) in [5.74, 6) is 0.565. The van der Waals surface area contributed by atoms with Crippen molar-refractivity contribution in [3.05, 3.63) is 161 Å². The van der Waals surface area contributed by atoms with E-state index in [1.807, 2.05) is 0 Å². The third-order valence-electron chi connectivity index (χ3n) is 13.4. The van der Waals surface area contributed by atoms with Gasteiger partial charge in [-0.3, -0.25) is 0 Å². The lowest BCUT2D eigenvalue weighted by Crippen LogP contribution is -2.24. The summed E-state index contributed by atoms with van der Waals surface area (Å²) in [6, 6.07) is 50.2. The van der Waals surface area contributed by atoms with Crippen molar-refractivity contribution in [2.24, 2.45) is 0 Å². The van der Waals surface area contributed by atoms with Gasteiger partial charge >= 0.3 is 0 Å². The van der Waals surface area contributed by atoms with Crippen molar-refractivity contribution < 1.29 is 4.42 Å². The first kappa shape index (κ1) is 31.9. The van der Waals surface area contributed by atoms with Gasteiger partial charge < -0.3 is 9.32 Å². The Morgan fingerprint density at radius 3 is 1.93 bits per heavy atom. The minimum Gasteiger partial charge on any atom is -0.454 e. The van der Waals surface area contributed by atoms with Crippen molar-refractivity contribution in [3.63, 3.8) is 0 Å². The molecule has 0 N–H and O–H groups in total. The summed E-state index contributed by atoms with van der Waals surface area (Å²) in [6.07, 6.45) is 6.44. The monoisotopic (exact) mass is 699 g/mol. The lowest BCUT2D eigenvalue weighted by molar-refractivity contribution is 0.442. The van der Waals surface area contributed by atoms with E-state index in [9.17, 15) is 0 Å². The van der Waals surface area contributed by atoms with Crippen LogP contribution in [0.15, 0.2) is 138 Å². The third kappa shape index (κ3) is 4.40. The average Bonchev–Trinajstić information content (AvgIpc) is 3.69. The fraction of sp³-hybridized carbons (Fsp3) is 0.231. The maximum absolute atomic E-state index is 7.06. The number of para-hydroxylation sites is 3. The fourth-order valence-corrected chi connectivity index (χ4v) is 10.6. The second-order valence-corrected chi connectivity index (χ2v) is 17.1. The highest BCUT2D eigenvalue weighted by Gasteiger charge is 2.41.